The maximum atomic E-state index is 11.5. The summed E-state index contributed by atoms with van der Waals surface area (Å²) >= 11 is 0. The van der Waals surface area contributed by atoms with Crippen LogP contribution in [-0.4, -0.2) is 22.5 Å². The van der Waals surface area contributed by atoms with Crippen molar-refractivity contribution in [3.05, 3.63) is 41.7 Å². The van der Waals surface area contributed by atoms with Crippen molar-refractivity contribution in [3.8, 4) is 0 Å². The average molecular weight is 177 g/mol. The lowest BCUT2D eigenvalue weighted by molar-refractivity contribution is 0.103. The average Bonchev–Trinajstić information content (AvgIpc) is 2.18. The van der Waals surface area contributed by atoms with Gasteiger partial charge in [0.15, 0.2) is 5.78 Å². The van der Waals surface area contributed by atoms with Crippen LogP contribution in [0.3, 0.4) is 0 Å². The molecule has 0 aliphatic rings. The van der Waals surface area contributed by atoms with Gasteiger partial charge in [0.2, 0.25) is 0 Å². The molecule has 0 aromatic carbocycles. The zero-order chi connectivity index (χ0) is 9.68. The van der Waals surface area contributed by atoms with E-state index in [1.165, 1.54) is 6.08 Å². The van der Waals surface area contributed by atoms with Gasteiger partial charge in [0, 0.05) is 18.0 Å². The summed E-state index contributed by atoms with van der Waals surface area (Å²) in [4.78, 5) is 15.3. The van der Waals surface area contributed by atoms with E-state index in [9.17, 15) is 4.79 Å². The van der Waals surface area contributed by atoms with Crippen LogP contribution in [0.15, 0.2) is 36.2 Å². The molecule has 0 radical (unpaired) electrons. The van der Waals surface area contributed by atoms with Crippen LogP contribution < -0.4 is 0 Å². The highest BCUT2D eigenvalue weighted by Gasteiger charge is 2.05. The van der Waals surface area contributed by atoms with E-state index in [0.29, 0.717) is 11.1 Å². The van der Waals surface area contributed by atoms with Crippen molar-refractivity contribution in [3.63, 3.8) is 0 Å². The predicted octanol–water partition coefficient (Wildman–Crippen LogP) is 1.20. The van der Waals surface area contributed by atoms with Gasteiger partial charge in [-0.05, 0) is 24.6 Å². The highest BCUT2D eigenvalue weighted by atomic mass is 16.2. The zero-order valence-electron chi connectivity index (χ0n) is 7.40. The molecule has 0 atom stereocenters. The van der Waals surface area contributed by atoms with Gasteiger partial charge in [-0.2, -0.15) is 0 Å². The molecule has 0 saturated carbocycles. The lowest BCUT2D eigenvalue weighted by atomic mass is 10.1. The molecule has 13 heavy (non-hydrogen) atoms. The first-order valence-corrected chi connectivity index (χ1v) is 3.98. The fourth-order valence-electron chi connectivity index (χ4n) is 0.961. The topological polar surface area (TPSA) is 50.2 Å². The van der Waals surface area contributed by atoms with Crippen LogP contribution in [0.5, 0.6) is 0 Å². The molecule has 0 spiro atoms. The number of hydrogen-bond acceptors (Lipinski definition) is 3. The molecule has 0 saturated heterocycles. The number of Topliss-reactive ketones (excluding diaryl/α,β-unsaturated/α-hetero) is 1. The highest BCUT2D eigenvalue weighted by molar-refractivity contribution is 6.08. The van der Waals surface area contributed by atoms with E-state index >= 15 is 0 Å². The number of ketones is 1. The van der Waals surface area contributed by atoms with Crippen LogP contribution in [0.25, 0.3) is 0 Å². The van der Waals surface area contributed by atoms with Gasteiger partial charge in [0.1, 0.15) is 0 Å². The van der Waals surface area contributed by atoms with Crippen LogP contribution in [0.1, 0.15) is 17.3 Å². The van der Waals surface area contributed by atoms with Crippen LogP contribution in [-0.2, 0) is 0 Å². The Labute approximate surface area is 76.7 Å². The smallest absolute Gasteiger partial charge is 0.188 e. The minimum Gasteiger partial charge on any atom is -0.392 e. The summed E-state index contributed by atoms with van der Waals surface area (Å²) in [6.07, 6.45) is 4.63. The van der Waals surface area contributed by atoms with Gasteiger partial charge in [-0.1, -0.05) is 6.08 Å². The number of allylic oxidation sites excluding steroid dienone is 1. The van der Waals surface area contributed by atoms with Gasteiger partial charge in [0.05, 0.1) is 6.61 Å². The summed E-state index contributed by atoms with van der Waals surface area (Å²) in [6, 6.07) is 3.30. The molecule has 1 N–H and O–H groups in total. The van der Waals surface area contributed by atoms with Crippen LogP contribution in [0, 0.1) is 0 Å². The van der Waals surface area contributed by atoms with E-state index in [4.69, 9.17) is 5.11 Å². The van der Waals surface area contributed by atoms with E-state index in [0.717, 1.165) is 0 Å². The second-order valence-electron chi connectivity index (χ2n) is 2.63. The maximum absolute atomic E-state index is 11.5. The fraction of sp³-hybridized carbons (Fsp3) is 0.200. The molecule has 0 unspecified atom stereocenters. The number of rotatable bonds is 3. The Morgan fingerprint density at radius 2 is 2.15 bits per heavy atom. The molecule has 1 heterocycles. The minimum atomic E-state index is -0.108. The third-order valence-corrected chi connectivity index (χ3v) is 1.70. The zero-order valence-corrected chi connectivity index (χ0v) is 7.40. The quantitative estimate of drug-likeness (QED) is 0.557. The first-order valence-electron chi connectivity index (χ1n) is 3.98. The van der Waals surface area contributed by atoms with Gasteiger partial charge in [-0.25, -0.2) is 0 Å². The maximum Gasteiger partial charge on any atom is 0.188 e. The molecule has 68 valence electrons. The number of carbonyl (C=O) groups is 1. The van der Waals surface area contributed by atoms with Crippen molar-refractivity contribution in [2.75, 3.05) is 6.61 Å². The Kier molecular flexibility index (Phi) is 3.34. The van der Waals surface area contributed by atoms with Crippen molar-refractivity contribution in [1.29, 1.82) is 0 Å². The molecule has 1 aromatic rings. The standard InChI is InChI=1S/C10H11NO2/c1-8(4-7-12)10(13)9-2-5-11-6-3-9/h2-6,12H,7H2,1H3/b8-4-. The van der Waals surface area contributed by atoms with Gasteiger partial charge < -0.3 is 5.11 Å². The van der Waals surface area contributed by atoms with E-state index in [1.807, 2.05) is 0 Å². The third kappa shape index (κ3) is 2.49. The summed E-state index contributed by atoms with van der Waals surface area (Å²) < 4.78 is 0. The van der Waals surface area contributed by atoms with Gasteiger partial charge in [-0.3, -0.25) is 9.78 Å². The van der Waals surface area contributed by atoms with Crippen molar-refractivity contribution in [2.45, 2.75) is 6.92 Å². The van der Waals surface area contributed by atoms with Crippen molar-refractivity contribution in [1.82, 2.24) is 4.98 Å². The van der Waals surface area contributed by atoms with Gasteiger partial charge in [-0.15, -0.1) is 0 Å². The number of aliphatic hydroxyl groups is 1. The molecule has 0 aliphatic heterocycles. The first-order chi connectivity index (χ1) is 6.25. The van der Waals surface area contributed by atoms with Gasteiger partial charge in [0.25, 0.3) is 0 Å². The second kappa shape index (κ2) is 4.52. The highest BCUT2D eigenvalue weighted by Crippen LogP contribution is 2.05. The molecule has 1 aromatic heterocycles. The Morgan fingerprint density at radius 1 is 1.54 bits per heavy atom. The summed E-state index contributed by atoms with van der Waals surface area (Å²) in [5, 5.41) is 8.59. The Hall–Kier alpha value is -1.48. The SMILES string of the molecule is C/C(=C/CO)C(=O)c1ccncc1. The Bertz CT molecular complexity index is 317. The molecule has 0 amide bonds. The van der Waals surface area contributed by atoms with E-state index in [-0.39, 0.29) is 12.4 Å². The molecule has 0 fully saturated rings. The lowest BCUT2D eigenvalue weighted by Crippen LogP contribution is -2.01. The molecule has 0 bridgehead atoms. The first kappa shape index (κ1) is 9.61. The number of aliphatic hydroxyl groups excluding tert-OH is 1. The molecule has 1 rings (SSSR count). The van der Waals surface area contributed by atoms with E-state index in [2.05, 4.69) is 4.98 Å². The second-order valence-corrected chi connectivity index (χ2v) is 2.63. The Balaban J connectivity index is 2.86. The predicted molar refractivity (Wildman–Crippen MR) is 49.4 cm³/mol. The summed E-state index contributed by atoms with van der Waals surface area (Å²) in [6.45, 7) is 1.57. The minimum absolute atomic E-state index is 0.0727. The fourth-order valence-corrected chi connectivity index (χ4v) is 0.961. The lowest BCUT2D eigenvalue weighted by Gasteiger charge is -1.98. The van der Waals surface area contributed by atoms with Crippen LogP contribution in [0.4, 0.5) is 0 Å². The summed E-state index contributed by atoms with van der Waals surface area (Å²) in [5.74, 6) is -0.0727. The largest absolute Gasteiger partial charge is 0.392 e. The third-order valence-electron chi connectivity index (χ3n) is 1.70. The van der Waals surface area contributed by atoms with E-state index in [1.54, 1.807) is 31.5 Å². The summed E-state index contributed by atoms with van der Waals surface area (Å²) in [7, 11) is 0. The monoisotopic (exact) mass is 177 g/mol. The summed E-state index contributed by atoms with van der Waals surface area (Å²) in [5.41, 5.74) is 1.14. The molecule has 3 heteroatoms. The van der Waals surface area contributed by atoms with Crippen LogP contribution >= 0.6 is 0 Å². The molecular weight excluding hydrogens is 166 g/mol. The molecular formula is C10H11NO2. The number of pyridine rings is 1. The number of nitrogens with zero attached hydrogens (tertiary/aromatic N) is 1. The molecule has 3 nitrogen and oxygen atoms in total. The van der Waals surface area contributed by atoms with Crippen LogP contribution in [0.2, 0.25) is 0 Å². The number of aromatic nitrogens is 1. The van der Waals surface area contributed by atoms with Crippen molar-refractivity contribution in [2.24, 2.45) is 0 Å². The normalized spacial score (nSPS) is 11.4. The number of hydrogen-bond donors (Lipinski definition) is 1. The van der Waals surface area contributed by atoms with Crippen molar-refractivity contribution < 1.29 is 9.90 Å². The van der Waals surface area contributed by atoms with Gasteiger partial charge >= 0.3 is 0 Å². The van der Waals surface area contributed by atoms with E-state index < -0.39 is 0 Å². The molecule has 0 aliphatic carbocycles. The van der Waals surface area contributed by atoms with Crippen molar-refractivity contribution >= 4 is 5.78 Å². The Morgan fingerprint density at radius 3 is 2.69 bits per heavy atom. The number of carbonyl (C=O) groups excluding carboxylic acids is 1.